The maximum Gasteiger partial charge on any atom is 0.216 e. The first-order chi connectivity index (χ1) is 10.5. The molecule has 0 N–H and O–H groups in total. The number of alkyl halides is 8. The lowest BCUT2D eigenvalue weighted by atomic mass is 10.2. The van der Waals surface area contributed by atoms with Crippen LogP contribution in [0.15, 0.2) is 54.6 Å². The summed E-state index contributed by atoms with van der Waals surface area (Å²) in [6, 6.07) is 15.9. The average Bonchev–Trinajstić information content (AvgIpc) is 2.47. The summed E-state index contributed by atoms with van der Waals surface area (Å²) < 4.78 is -2.69. The molecule has 0 aromatic heterocycles. The molecule has 0 unspecified atom stereocenters. The van der Waals surface area contributed by atoms with Crippen LogP contribution in [0.1, 0.15) is 21.5 Å². The van der Waals surface area contributed by atoms with Crippen molar-refractivity contribution in [3.63, 3.8) is 0 Å². The van der Waals surface area contributed by atoms with E-state index >= 15 is 0 Å². The third-order valence-electron chi connectivity index (χ3n) is 2.59. The monoisotopic (exact) mass is 470 g/mol. The van der Waals surface area contributed by atoms with Crippen molar-refractivity contribution in [3.05, 3.63) is 71.3 Å². The van der Waals surface area contributed by atoms with Gasteiger partial charge in [-0.15, -0.1) is 23.2 Å². The van der Waals surface area contributed by atoms with Gasteiger partial charge in [0.15, 0.2) is 0 Å². The Balaban J connectivity index is 0.000000238. The fourth-order valence-electron chi connectivity index (χ4n) is 1.44. The summed E-state index contributed by atoms with van der Waals surface area (Å²) in [7, 11) is 0. The molecule has 2 aromatic rings. The molecule has 0 saturated carbocycles. The van der Waals surface area contributed by atoms with Crippen LogP contribution in [0.4, 0.5) is 0 Å². The minimum Gasteiger partial charge on any atom is -0.100 e. The molecule has 0 atom stereocenters. The maximum absolute atomic E-state index is 5.66. The first-order valence-corrected chi connectivity index (χ1v) is 9.23. The maximum atomic E-state index is 5.66. The van der Waals surface area contributed by atoms with Crippen LogP contribution >= 0.6 is 92.8 Å². The molecule has 0 saturated heterocycles. The Labute approximate surface area is 175 Å². The normalized spacial score (nSPS) is 11.9. The standard InChI is InChI=1S/C8H5Cl5.C7H5Cl3/c9-7(10)5-1-3-6(4-2-5)8(11,12)13;8-7(9,10)6-4-2-1-3-5-6/h1-4,7H;1-5H. The smallest absolute Gasteiger partial charge is 0.100 e. The van der Waals surface area contributed by atoms with Crippen LogP contribution in [0.3, 0.4) is 0 Å². The molecule has 0 heterocycles. The Morgan fingerprint density at radius 2 is 0.957 bits per heavy atom. The molecule has 0 bridgehead atoms. The molecule has 0 spiro atoms. The molecule has 0 nitrogen and oxygen atoms in total. The average molecular weight is 474 g/mol. The van der Waals surface area contributed by atoms with Gasteiger partial charge in [0.2, 0.25) is 7.59 Å². The summed E-state index contributed by atoms with van der Waals surface area (Å²) in [4.78, 5) is -0.551. The Morgan fingerprint density at radius 3 is 1.26 bits per heavy atom. The fraction of sp³-hybridized carbons (Fsp3) is 0.200. The van der Waals surface area contributed by atoms with E-state index in [4.69, 9.17) is 92.8 Å². The van der Waals surface area contributed by atoms with Crippen LogP contribution in [0.25, 0.3) is 0 Å². The second kappa shape index (κ2) is 9.46. The lowest BCUT2D eigenvalue weighted by Crippen LogP contribution is -1.99. The van der Waals surface area contributed by atoms with Crippen LogP contribution in [0, 0.1) is 0 Å². The Morgan fingerprint density at radius 1 is 0.565 bits per heavy atom. The van der Waals surface area contributed by atoms with E-state index in [1.807, 2.05) is 18.2 Å². The van der Waals surface area contributed by atoms with Crippen molar-refractivity contribution in [3.8, 4) is 0 Å². The molecule has 126 valence electrons. The minimum atomic E-state index is -1.40. The number of benzene rings is 2. The van der Waals surface area contributed by atoms with Crippen molar-refractivity contribution in [2.45, 2.75) is 12.4 Å². The van der Waals surface area contributed by atoms with Gasteiger partial charge in [0.1, 0.15) is 4.84 Å². The Kier molecular flexibility index (Phi) is 8.96. The highest BCUT2D eigenvalue weighted by atomic mass is 35.6. The molecule has 0 radical (unpaired) electrons. The van der Waals surface area contributed by atoms with Crippen molar-refractivity contribution in [2.75, 3.05) is 0 Å². The van der Waals surface area contributed by atoms with Gasteiger partial charge in [0.25, 0.3) is 0 Å². The third-order valence-corrected chi connectivity index (χ3v) is 4.40. The number of rotatable bonds is 1. The van der Waals surface area contributed by atoms with Gasteiger partial charge >= 0.3 is 0 Å². The first kappa shape index (κ1) is 21.8. The summed E-state index contributed by atoms with van der Waals surface area (Å²) in [6.45, 7) is 0. The highest BCUT2D eigenvalue weighted by Crippen LogP contribution is 2.39. The zero-order chi connectivity index (χ0) is 17.7. The van der Waals surface area contributed by atoms with Crippen LogP contribution < -0.4 is 0 Å². The van der Waals surface area contributed by atoms with Crippen molar-refractivity contribution < 1.29 is 0 Å². The predicted octanol–water partition coefficient (Wildman–Crippen LogP) is 8.50. The first-order valence-electron chi connectivity index (χ1n) is 6.09. The van der Waals surface area contributed by atoms with Crippen LogP contribution in [0.5, 0.6) is 0 Å². The number of hydrogen-bond acceptors (Lipinski definition) is 0. The lowest BCUT2D eigenvalue weighted by Gasteiger charge is -2.11. The van der Waals surface area contributed by atoms with Gasteiger partial charge in [0, 0.05) is 11.1 Å². The van der Waals surface area contributed by atoms with Crippen LogP contribution in [0.2, 0.25) is 0 Å². The molecular weight excluding hydrogens is 464 g/mol. The zero-order valence-electron chi connectivity index (χ0n) is 11.3. The highest BCUT2D eigenvalue weighted by Gasteiger charge is 2.22. The molecular formula is C15H10Cl8. The van der Waals surface area contributed by atoms with E-state index in [0.717, 1.165) is 5.56 Å². The molecule has 0 fully saturated rings. The number of halogens is 8. The van der Waals surface area contributed by atoms with Gasteiger partial charge in [-0.2, -0.15) is 0 Å². The quantitative estimate of drug-likeness (QED) is 0.364. The molecule has 8 heteroatoms. The topological polar surface area (TPSA) is 0 Å². The third kappa shape index (κ3) is 8.12. The molecule has 0 aliphatic carbocycles. The predicted molar refractivity (Wildman–Crippen MR) is 106 cm³/mol. The zero-order valence-corrected chi connectivity index (χ0v) is 17.3. The summed E-state index contributed by atoms with van der Waals surface area (Å²) >= 11 is 45.0. The number of hydrogen-bond donors (Lipinski definition) is 0. The SMILES string of the molecule is ClC(Cl)(Cl)c1ccccc1.ClC(Cl)c1ccc(C(Cl)(Cl)Cl)cc1. The second-order valence-electron chi connectivity index (χ2n) is 4.28. The van der Waals surface area contributed by atoms with E-state index in [-0.39, 0.29) is 0 Å². The van der Waals surface area contributed by atoms with Crippen molar-refractivity contribution in [2.24, 2.45) is 0 Å². The van der Waals surface area contributed by atoms with E-state index in [0.29, 0.717) is 11.1 Å². The summed E-state index contributed by atoms with van der Waals surface area (Å²) in [5.41, 5.74) is 2.07. The molecule has 2 aromatic carbocycles. The van der Waals surface area contributed by atoms with Gasteiger partial charge in [0.05, 0.1) is 0 Å². The molecule has 0 amide bonds. The second-order valence-corrected chi connectivity index (χ2v) is 9.94. The molecule has 2 rings (SSSR count). The van der Waals surface area contributed by atoms with Gasteiger partial charge in [-0.3, -0.25) is 0 Å². The largest absolute Gasteiger partial charge is 0.216 e. The Hall–Kier alpha value is 0.760. The molecule has 23 heavy (non-hydrogen) atoms. The highest BCUT2D eigenvalue weighted by molar-refractivity contribution is 6.67. The van der Waals surface area contributed by atoms with E-state index < -0.39 is 12.4 Å². The minimum absolute atomic E-state index is 0.551. The van der Waals surface area contributed by atoms with Gasteiger partial charge in [-0.25, -0.2) is 0 Å². The molecule has 0 aliphatic heterocycles. The van der Waals surface area contributed by atoms with Crippen LogP contribution in [-0.2, 0) is 7.59 Å². The van der Waals surface area contributed by atoms with Gasteiger partial charge in [-0.1, -0.05) is 124 Å². The van der Waals surface area contributed by atoms with Crippen molar-refractivity contribution >= 4 is 92.8 Å². The Bertz CT molecular complexity index is 582. The summed E-state index contributed by atoms with van der Waals surface area (Å²) in [6.07, 6.45) is 0. The van der Waals surface area contributed by atoms with E-state index in [9.17, 15) is 0 Å². The van der Waals surface area contributed by atoms with Gasteiger partial charge < -0.3 is 0 Å². The molecule has 0 aliphatic rings. The fourth-order valence-corrected chi connectivity index (χ4v) is 2.49. The van der Waals surface area contributed by atoms with E-state index in [1.165, 1.54) is 0 Å². The van der Waals surface area contributed by atoms with Crippen molar-refractivity contribution in [1.29, 1.82) is 0 Å². The lowest BCUT2D eigenvalue weighted by molar-refractivity contribution is 1.22. The van der Waals surface area contributed by atoms with Crippen LogP contribution in [-0.4, -0.2) is 0 Å². The van der Waals surface area contributed by atoms with Gasteiger partial charge in [-0.05, 0) is 5.56 Å². The van der Waals surface area contributed by atoms with Crippen molar-refractivity contribution in [1.82, 2.24) is 0 Å². The van der Waals surface area contributed by atoms with E-state index in [2.05, 4.69) is 0 Å². The summed E-state index contributed by atoms with van der Waals surface area (Å²) in [5.74, 6) is 0. The van der Waals surface area contributed by atoms with E-state index in [1.54, 1.807) is 36.4 Å². The summed E-state index contributed by atoms with van der Waals surface area (Å²) in [5, 5.41) is 0.